The first kappa shape index (κ1) is 30.4. The molecule has 0 radical (unpaired) electrons. The van der Waals surface area contributed by atoms with Crippen molar-refractivity contribution in [3.8, 4) is 0 Å². The van der Waals surface area contributed by atoms with Crippen LogP contribution in [-0.4, -0.2) is 80.2 Å². The molecule has 218 valence electrons. The molecular weight excluding hydrogens is 589 g/mol. The van der Waals surface area contributed by atoms with Gasteiger partial charge in [0.2, 0.25) is 10.0 Å². The van der Waals surface area contributed by atoms with Crippen LogP contribution in [0.15, 0.2) is 70.5 Å². The lowest BCUT2D eigenvalue weighted by atomic mass is 9.95. The molecule has 1 aliphatic heterocycles. The fourth-order valence-electron chi connectivity index (χ4n) is 4.47. The van der Waals surface area contributed by atoms with E-state index in [1.54, 1.807) is 34.7 Å². The Morgan fingerprint density at radius 1 is 1.07 bits per heavy atom. The maximum Gasteiger partial charge on any atom is 0.421 e. The largest absolute Gasteiger partial charge is 0.421 e. The van der Waals surface area contributed by atoms with Gasteiger partial charge < -0.3 is 10.0 Å². The molecule has 0 amide bonds. The molecule has 15 heteroatoms. The number of anilines is 1. The number of aliphatic hydroxyl groups is 1. The van der Waals surface area contributed by atoms with Crippen molar-refractivity contribution in [2.24, 2.45) is 0 Å². The highest BCUT2D eigenvalue weighted by Crippen LogP contribution is 2.39. The fourth-order valence-corrected chi connectivity index (χ4v) is 7.91. The summed E-state index contributed by atoms with van der Waals surface area (Å²) in [5.74, 6) is 0. The van der Waals surface area contributed by atoms with Gasteiger partial charge in [-0.2, -0.15) is 21.8 Å². The van der Waals surface area contributed by atoms with E-state index in [4.69, 9.17) is 0 Å². The minimum absolute atomic E-state index is 0.00206. The number of halogens is 3. The molecule has 40 heavy (non-hydrogen) atoms. The zero-order valence-electron chi connectivity index (χ0n) is 21.7. The van der Waals surface area contributed by atoms with Crippen LogP contribution in [0.5, 0.6) is 0 Å². The lowest BCUT2D eigenvalue weighted by Crippen LogP contribution is -2.58. The predicted octanol–water partition coefficient (Wildman–Crippen LogP) is 3.25. The molecule has 0 bridgehead atoms. The maximum atomic E-state index is 13.4. The van der Waals surface area contributed by atoms with E-state index < -0.39 is 37.9 Å². The standard InChI is InChI=1S/C25H29F3N4O5S3/c1-24(33,25(26,27)28)20-7-9-21(10-8-20)32-13-12-30(40(36,37)23-6-4-14-38-23)17-22(32)18-31(39(2,34)35)16-19-5-3-11-29-15-19/h3-11,14-15,22,33H,12-13,16-18H2,1-2H3/t22-,24+/m1/s1. The van der Waals surface area contributed by atoms with Crippen LogP contribution in [0.3, 0.4) is 0 Å². The van der Waals surface area contributed by atoms with Gasteiger partial charge in [-0.15, -0.1) is 11.3 Å². The highest BCUT2D eigenvalue weighted by Gasteiger charge is 2.51. The van der Waals surface area contributed by atoms with Crippen LogP contribution in [0.1, 0.15) is 18.1 Å². The molecule has 2 atom stereocenters. The second-order valence-corrected chi connectivity index (χ2v) is 14.8. The van der Waals surface area contributed by atoms with Gasteiger partial charge >= 0.3 is 6.18 Å². The van der Waals surface area contributed by atoms with E-state index in [0.29, 0.717) is 18.2 Å². The molecule has 3 heterocycles. The Labute approximate surface area is 235 Å². The molecule has 2 aromatic heterocycles. The number of alkyl halides is 3. The summed E-state index contributed by atoms with van der Waals surface area (Å²) in [6.07, 6.45) is -0.730. The first-order valence-corrected chi connectivity index (χ1v) is 16.3. The van der Waals surface area contributed by atoms with Crippen molar-refractivity contribution >= 4 is 37.1 Å². The van der Waals surface area contributed by atoms with Crippen LogP contribution >= 0.6 is 11.3 Å². The quantitative estimate of drug-likeness (QED) is 0.392. The molecule has 1 aliphatic rings. The minimum atomic E-state index is -4.89. The van der Waals surface area contributed by atoms with Crippen molar-refractivity contribution in [3.05, 3.63) is 77.4 Å². The Balaban J connectivity index is 1.68. The van der Waals surface area contributed by atoms with Gasteiger partial charge in [0.15, 0.2) is 5.60 Å². The fraction of sp³-hybridized carbons (Fsp3) is 0.400. The smallest absolute Gasteiger partial charge is 0.376 e. The molecule has 4 rings (SSSR count). The average molecular weight is 619 g/mol. The van der Waals surface area contributed by atoms with Crippen LogP contribution < -0.4 is 4.90 Å². The van der Waals surface area contributed by atoms with Gasteiger partial charge in [0.25, 0.3) is 10.0 Å². The Kier molecular flexibility index (Phi) is 8.64. The van der Waals surface area contributed by atoms with Crippen molar-refractivity contribution in [1.29, 1.82) is 0 Å². The predicted molar refractivity (Wildman–Crippen MR) is 146 cm³/mol. The summed E-state index contributed by atoms with van der Waals surface area (Å²) in [5, 5.41) is 11.7. The summed E-state index contributed by atoms with van der Waals surface area (Å²) in [7, 11) is -7.59. The van der Waals surface area contributed by atoms with Crippen molar-refractivity contribution in [3.63, 3.8) is 0 Å². The van der Waals surface area contributed by atoms with Gasteiger partial charge in [-0.25, -0.2) is 16.8 Å². The van der Waals surface area contributed by atoms with Crippen LogP contribution in [0.2, 0.25) is 0 Å². The number of hydrogen-bond acceptors (Lipinski definition) is 8. The molecule has 0 unspecified atom stereocenters. The van der Waals surface area contributed by atoms with Gasteiger partial charge in [0, 0.05) is 50.8 Å². The molecule has 0 saturated carbocycles. The number of benzene rings is 1. The molecule has 1 fully saturated rings. The maximum absolute atomic E-state index is 13.4. The highest BCUT2D eigenvalue weighted by atomic mass is 32.2. The topological polar surface area (TPSA) is 111 Å². The van der Waals surface area contributed by atoms with Crippen molar-refractivity contribution in [1.82, 2.24) is 13.6 Å². The van der Waals surface area contributed by atoms with Crippen LogP contribution in [0, 0.1) is 0 Å². The molecule has 1 aromatic carbocycles. The summed E-state index contributed by atoms with van der Waals surface area (Å²) in [5.41, 5.74) is -2.31. The van der Waals surface area contributed by atoms with Gasteiger partial charge in [-0.05, 0) is 47.7 Å². The van der Waals surface area contributed by atoms with E-state index in [2.05, 4.69) is 4.98 Å². The third-order valence-corrected chi connectivity index (χ3v) is 11.3. The Morgan fingerprint density at radius 3 is 2.33 bits per heavy atom. The molecule has 3 aromatic rings. The summed E-state index contributed by atoms with van der Waals surface area (Å²) < 4.78 is 94.9. The van der Waals surface area contributed by atoms with Crippen LogP contribution in [0.25, 0.3) is 0 Å². The van der Waals surface area contributed by atoms with Crippen LogP contribution in [0.4, 0.5) is 18.9 Å². The Morgan fingerprint density at radius 2 is 1.77 bits per heavy atom. The number of aromatic nitrogens is 1. The molecule has 0 aliphatic carbocycles. The monoisotopic (exact) mass is 618 g/mol. The number of thiophene rings is 1. The molecular formula is C25H29F3N4O5S3. The Hall–Kier alpha value is -2.56. The Bertz CT molecular complexity index is 1500. The first-order chi connectivity index (χ1) is 18.6. The number of nitrogens with zero attached hydrogens (tertiary/aromatic N) is 4. The number of piperazine rings is 1. The van der Waals surface area contributed by atoms with Crippen LogP contribution in [-0.2, 0) is 32.2 Å². The summed E-state index contributed by atoms with van der Waals surface area (Å²) in [4.78, 5) is 5.81. The molecule has 0 spiro atoms. The lowest BCUT2D eigenvalue weighted by Gasteiger charge is -2.43. The van der Waals surface area contributed by atoms with Gasteiger partial charge in [-0.1, -0.05) is 24.3 Å². The van der Waals surface area contributed by atoms with Crippen molar-refractivity contribution in [2.45, 2.75) is 35.5 Å². The summed E-state index contributed by atoms with van der Waals surface area (Å²) in [6, 6.07) is 11.0. The van der Waals surface area contributed by atoms with Crippen molar-refractivity contribution < 1.29 is 35.1 Å². The second-order valence-electron chi connectivity index (χ2n) is 9.68. The number of rotatable bonds is 9. The average Bonchev–Trinajstić information content (AvgIpc) is 3.44. The molecule has 9 nitrogen and oxygen atoms in total. The van der Waals surface area contributed by atoms with Gasteiger partial charge in [-0.3, -0.25) is 4.98 Å². The number of hydrogen-bond donors (Lipinski definition) is 1. The van der Waals surface area contributed by atoms with E-state index in [-0.39, 0.29) is 42.5 Å². The van der Waals surface area contributed by atoms with E-state index >= 15 is 0 Å². The third-order valence-electron chi connectivity index (χ3n) is 6.81. The SMILES string of the molecule is C[C@](O)(c1ccc(N2CCN(S(=O)(=O)c3cccs3)C[C@@H]2CN(Cc2cccnc2)S(C)(=O)=O)cc1)C(F)(F)F. The lowest BCUT2D eigenvalue weighted by molar-refractivity contribution is -0.258. The van der Waals surface area contributed by atoms with Crippen molar-refractivity contribution in [2.75, 3.05) is 37.3 Å². The summed E-state index contributed by atoms with van der Waals surface area (Å²) >= 11 is 1.08. The molecule has 1 N–H and O–H groups in total. The van der Waals surface area contributed by atoms with E-state index in [1.165, 1.54) is 45.1 Å². The number of pyridine rings is 1. The summed E-state index contributed by atoms with van der Waals surface area (Å²) in [6.45, 7) is 0.770. The van der Waals surface area contributed by atoms with Gasteiger partial charge in [0.05, 0.1) is 12.3 Å². The zero-order chi connectivity index (χ0) is 29.3. The minimum Gasteiger partial charge on any atom is -0.376 e. The highest BCUT2D eigenvalue weighted by molar-refractivity contribution is 7.91. The first-order valence-electron chi connectivity index (χ1n) is 12.1. The number of sulfonamides is 2. The third kappa shape index (κ3) is 6.50. The second kappa shape index (κ2) is 11.4. The normalized spacial score (nSPS) is 19.1. The van der Waals surface area contributed by atoms with E-state index in [0.717, 1.165) is 17.6 Å². The molecule has 1 saturated heterocycles. The van der Waals surface area contributed by atoms with E-state index in [1.807, 2.05) is 0 Å². The van der Waals surface area contributed by atoms with Gasteiger partial charge in [0.1, 0.15) is 4.21 Å². The zero-order valence-corrected chi connectivity index (χ0v) is 24.1. The van der Waals surface area contributed by atoms with E-state index in [9.17, 15) is 35.1 Å².